The number of hydrogen-bond donors (Lipinski definition) is 0. The number of nitrogens with zero attached hydrogens (tertiary/aromatic N) is 2. The highest BCUT2D eigenvalue weighted by atomic mass is 35.5. The van der Waals surface area contributed by atoms with Gasteiger partial charge in [0.05, 0.1) is 10.0 Å². The molecule has 1 aromatic carbocycles. The van der Waals surface area contributed by atoms with Gasteiger partial charge in [-0.25, -0.2) is 4.79 Å². The molecule has 1 aromatic rings. The SMILES string of the molecule is CC(C)(C)OC(=O)N1CCC(=O)N(Cc2ccc(Cl)c(Cl)c2)CC1. The molecule has 0 spiro atoms. The highest BCUT2D eigenvalue weighted by Gasteiger charge is 2.27. The van der Waals surface area contributed by atoms with Crippen molar-refractivity contribution in [2.75, 3.05) is 19.6 Å². The third-order valence-corrected chi connectivity index (χ3v) is 4.34. The van der Waals surface area contributed by atoms with Crippen LogP contribution in [0.25, 0.3) is 0 Å². The van der Waals surface area contributed by atoms with Crippen LogP contribution in [0, 0.1) is 0 Å². The zero-order chi connectivity index (χ0) is 17.9. The molecule has 132 valence electrons. The minimum atomic E-state index is -0.548. The van der Waals surface area contributed by atoms with Gasteiger partial charge >= 0.3 is 6.09 Å². The van der Waals surface area contributed by atoms with Crippen LogP contribution in [0.5, 0.6) is 0 Å². The smallest absolute Gasteiger partial charge is 0.410 e. The van der Waals surface area contributed by atoms with Crippen LogP contribution < -0.4 is 0 Å². The van der Waals surface area contributed by atoms with E-state index in [0.717, 1.165) is 5.56 Å². The lowest BCUT2D eigenvalue weighted by atomic mass is 10.2. The molecule has 1 aliphatic rings. The van der Waals surface area contributed by atoms with Crippen molar-refractivity contribution >= 4 is 35.2 Å². The van der Waals surface area contributed by atoms with E-state index in [1.54, 1.807) is 21.9 Å². The van der Waals surface area contributed by atoms with Gasteiger partial charge in [-0.1, -0.05) is 29.3 Å². The Balaban J connectivity index is 2.00. The predicted octanol–water partition coefficient (Wildman–Crippen LogP) is 3.96. The predicted molar refractivity (Wildman–Crippen MR) is 94.3 cm³/mol. The minimum Gasteiger partial charge on any atom is -0.444 e. The standard InChI is InChI=1S/C17H22Cl2N2O3/c1-17(2,3)24-16(23)20-7-6-15(22)21(9-8-20)11-12-4-5-13(18)14(19)10-12/h4-5,10H,6-9,11H2,1-3H3. The summed E-state index contributed by atoms with van der Waals surface area (Å²) < 4.78 is 5.38. The topological polar surface area (TPSA) is 49.9 Å². The maximum Gasteiger partial charge on any atom is 0.410 e. The molecule has 0 aromatic heterocycles. The Labute approximate surface area is 152 Å². The van der Waals surface area contributed by atoms with Gasteiger partial charge in [0.2, 0.25) is 5.91 Å². The number of carbonyl (C=O) groups is 2. The van der Waals surface area contributed by atoms with Crippen LogP contribution in [0.4, 0.5) is 4.79 Å². The molecular formula is C17H22Cl2N2O3. The summed E-state index contributed by atoms with van der Waals surface area (Å²) in [5.74, 6) is 0.00660. The highest BCUT2D eigenvalue weighted by molar-refractivity contribution is 6.42. The summed E-state index contributed by atoms with van der Waals surface area (Å²) in [6.45, 7) is 7.18. The molecule has 1 aliphatic heterocycles. The van der Waals surface area contributed by atoms with Crippen molar-refractivity contribution in [3.05, 3.63) is 33.8 Å². The summed E-state index contributed by atoms with van der Waals surface area (Å²) >= 11 is 11.9. The number of benzene rings is 1. The third-order valence-electron chi connectivity index (χ3n) is 3.60. The number of amides is 2. The second-order valence-corrected chi connectivity index (χ2v) is 7.60. The first-order valence-electron chi connectivity index (χ1n) is 7.85. The fraction of sp³-hybridized carbons (Fsp3) is 0.529. The highest BCUT2D eigenvalue weighted by Crippen LogP contribution is 2.23. The second-order valence-electron chi connectivity index (χ2n) is 6.78. The molecule has 7 heteroatoms. The average Bonchev–Trinajstić information content (AvgIpc) is 2.64. The number of halogens is 2. The van der Waals surface area contributed by atoms with Crippen LogP contribution in [0.15, 0.2) is 18.2 Å². The Bertz CT molecular complexity index is 629. The first-order chi connectivity index (χ1) is 11.2. The van der Waals surface area contributed by atoms with Crippen molar-refractivity contribution in [2.24, 2.45) is 0 Å². The largest absolute Gasteiger partial charge is 0.444 e. The summed E-state index contributed by atoms with van der Waals surface area (Å²) in [5, 5.41) is 0.950. The van der Waals surface area contributed by atoms with Gasteiger partial charge in [-0.2, -0.15) is 0 Å². The molecule has 0 radical (unpaired) electrons. The van der Waals surface area contributed by atoms with Crippen molar-refractivity contribution in [1.29, 1.82) is 0 Å². The van der Waals surface area contributed by atoms with E-state index in [9.17, 15) is 9.59 Å². The molecule has 2 amide bonds. The van der Waals surface area contributed by atoms with Gasteiger partial charge < -0.3 is 14.5 Å². The molecule has 1 heterocycles. The average molecular weight is 373 g/mol. The maximum absolute atomic E-state index is 12.3. The van der Waals surface area contributed by atoms with Crippen molar-refractivity contribution in [2.45, 2.75) is 39.3 Å². The number of rotatable bonds is 2. The van der Waals surface area contributed by atoms with Gasteiger partial charge in [0.15, 0.2) is 0 Å². The van der Waals surface area contributed by atoms with Gasteiger partial charge in [-0.05, 0) is 38.5 Å². The van der Waals surface area contributed by atoms with Crippen LogP contribution in [-0.2, 0) is 16.1 Å². The second kappa shape index (κ2) is 7.62. The molecule has 2 rings (SSSR count). The first kappa shape index (κ1) is 18.9. The van der Waals surface area contributed by atoms with E-state index in [4.69, 9.17) is 27.9 Å². The zero-order valence-electron chi connectivity index (χ0n) is 14.1. The van der Waals surface area contributed by atoms with Gasteiger partial charge in [0.1, 0.15) is 5.60 Å². The molecule has 0 N–H and O–H groups in total. The number of ether oxygens (including phenoxy) is 1. The van der Waals surface area contributed by atoms with E-state index >= 15 is 0 Å². The Hall–Kier alpha value is -1.46. The van der Waals surface area contributed by atoms with Crippen molar-refractivity contribution < 1.29 is 14.3 Å². The zero-order valence-corrected chi connectivity index (χ0v) is 15.7. The van der Waals surface area contributed by atoms with Crippen LogP contribution in [-0.4, -0.2) is 47.0 Å². The van der Waals surface area contributed by atoms with Gasteiger partial charge in [-0.15, -0.1) is 0 Å². The Morgan fingerprint density at radius 1 is 1.17 bits per heavy atom. The summed E-state index contributed by atoms with van der Waals surface area (Å²) in [6, 6.07) is 5.32. The van der Waals surface area contributed by atoms with Crippen LogP contribution in [0.3, 0.4) is 0 Å². The molecular weight excluding hydrogens is 351 g/mol. The fourth-order valence-corrected chi connectivity index (χ4v) is 2.72. The molecule has 0 atom stereocenters. The van der Waals surface area contributed by atoms with E-state index in [1.165, 1.54) is 0 Å². The normalized spacial score (nSPS) is 16.1. The van der Waals surface area contributed by atoms with Crippen molar-refractivity contribution in [3.8, 4) is 0 Å². The number of carbonyl (C=O) groups excluding carboxylic acids is 2. The van der Waals surface area contributed by atoms with E-state index < -0.39 is 5.60 Å². The minimum absolute atomic E-state index is 0.00660. The lowest BCUT2D eigenvalue weighted by Gasteiger charge is -2.26. The lowest BCUT2D eigenvalue weighted by Crippen LogP contribution is -2.39. The maximum atomic E-state index is 12.3. The lowest BCUT2D eigenvalue weighted by molar-refractivity contribution is -0.130. The van der Waals surface area contributed by atoms with Crippen LogP contribution in [0.2, 0.25) is 10.0 Å². The Morgan fingerprint density at radius 2 is 1.88 bits per heavy atom. The van der Waals surface area contributed by atoms with Crippen molar-refractivity contribution in [3.63, 3.8) is 0 Å². The van der Waals surface area contributed by atoms with E-state index in [0.29, 0.717) is 36.2 Å². The van der Waals surface area contributed by atoms with E-state index in [1.807, 2.05) is 26.8 Å². The first-order valence-corrected chi connectivity index (χ1v) is 8.61. The summed E-state index contributed by atoms with van der Waals surface area (Å²) in [5.41, 5.74) is 0.358. The van der Waals surface area contributed by atoms with Crippen LogP contribution >= 0.6 is 23.2 Å². The molecule has 0 unspecified atom stereocenters. The Morgan fingerprint density at radius 3 is 2.50 bits per heavy atom. The van der Waals surface area contributed by atoms with Crippen molar-refractivity contribution in [1.82, 2.24) is 9.80 Å². The quantitative estimate of drug-likeness (QED) is 0.789. The van der Waals surface area contributed by atoms with E-state index in [2.05, 4.69) is 0 Å². The monoisotopic (exact) mass is 372 g/mol. The molecule has 5 nitrogen and oxygen atoms in total. The van der Waals surface area contributed by atoms with Gasteiger partial charge in [0, 0.05) is 32.6 Å². The molecule has 1 saturated heterocycles. The Kier molecular flexibility index (Phi) is 5.99. The van der Waals surface area contributed by atoms with Gasteiger partial charge in [-0.3, -0.25) is 4.79 Å². The fourth-order valence-electron chi connectivity index (χ4n) is 2.40. The summed E-state index contributed by atoms with van der Waals surface area (Å²) in [6.07, 6.45) is -0.104. The molecule has 0 aliphatic carbocycles. The molecule has 24 heavy (non-hydrogen) atoms. The number of hydrogen-bond acceptors (Lipinski definition) is 3. The summed E-state index contributed by atoms with van der Waals surface area (Å²) in [7, 11) is 0. The molecule has 0 bridgehead atoms. The summed E-state index contributed by atoms with van der Waals surface area (Å²) in [4.78, 5) is 27.8. The van der Waals surface area contributed by atoms with E-state index in [-0.39, 0.29) is 18.4 Å². The third kappa shape index (κ3) is 5.28. The molecule has 1 fully saturated rings. The van der Waals surface area contributed by atoms with Gasteiger partial charge in [0.25, 0.3) is 0 Å². The molecule has 0 saturated carbocycles. The van der Waals surface area contributed by atoms with Crippen LogP contribution in [0.1, 0.15) is 32.8 Å².